The zero-order valence-electron chi connectivity index (χ0n) is 8.76. The van der Waals surface area contributed by atoms with Gasteiger partial charge in [-0.15, -0.1) is 0 Å². The van der Waals surface area contributed by atoms with E-state index in [2.05, 4.69) is 47.6 Å². The lowest BCUT2D eigenvalue weighted by Crippen LogP contribution is -2.12. The highest BCUT2D eigenvalue weighted by Gasteiger charge is 2.11. The maximum Gasteiger partial charge on any atom is 0.0953 e. The summed E-state index contributed by atoms with van der Waals surface area (Å²) in [4.78, 5) is 0. The molecule has 2 aromatic rings. The molecule has 74 valence electrons. The molecule has 3 heteroatoms. The van der Waals surface area contributed by atoms with Crippen molar-refractivity contribution in [2.75, 3.05) is 7.05 Å². The molecule has 0 radical (unpaired) electrons. The Morgan fingerprint density at radius 3 is 2.93 bits per heavy atom. The second kappa shape index (κ2) is 3.42. The normalized spacial score (nSPS) is 13.4. The van der Waals surface area contributed by atoms with E-state index in [1.165, 1.54) is 10.9 Å². The highest BCUT2D eigenvalue weighted by molar-refractivity contribution is 5.84. The molecular formula is C11H15N3. The van der Waals surface area contributed by atoms with Gasteiger partial charge in [-0.05, 0) is 26.5 Å². The van der Waals surface area contributed by atoms with E-state index in [1.807, 2.05) is 7.05 Å². The van der Waals surface area contributed by atoms with Crippen LogP contribution in [-0.4, -0.2) is 17.2 Å². The van der Waals surface area contributed by atoms with Gasteiger partial charge in [0, 0.05) is 11.4 Å². The molecule has 0 aliphatic rings. The van der Waals surface area contributed by atoms with Crippen molar-refractivity contribution in [3.05, 3.63) is 29.5 Å². The Labute approximate surface area is 83.5 Å². The fourth-order valence-electron chi connectivity index (χ4n) is 1.68. The average Bonchev–Trinajstić information content (AvgIpc) is 2.62. The third-order valence-corrected chi connectivity index (χ3v) is 2.68. The first-order chi connectivity index (χ1) is 6.74. The van der Waals surface area contributed by atoms with Gasteiger partial charge in [-0.25, -0.2) is 0 Å². The summed E-state index contributed by atoms with van der Waals surface area (Å²) in [6, 6.07) is 6.56. The number of para-hydroxylation sites is 1. The third-order valence-electron chi connectivity index (χ3n) is 2.68. The van der Waals surface area contributed by atoms with Crippen LogP contribution in [0.2, 0.25) is 0 Å². The van der Waals surface area contributed by atoms with Gasteiger partial charge in [0.25, 0.3) is 0 Å². The van der Waals surface area contributed by atoms with E-state index in [9.17, 15) is 0 Å². The molecule has 0 spiro atoms. The molecule has 2 N–H and O–H groups in total. The van der Waals surface area contributed by atoms with Gasteiger partial charge >= 0.3 is 0 Å². The fraction of sp³-hybridized carbons (Fsp3) is 0.364. The second-order valence-electron chi connectivity index (χ2n) is 3.62. The number of aromatic amines is 1. The van der Waals surface area contributed by atoms with E-state index in [-0.39, 0.29) is 0 Å². The zero-order chi connectivity index (χ0) is 10.1. The van der Waals surface area contributed by atoms with Crippen molar-refractivity contribution in [2.45, 2.75) is 19.9 Å². The standard InChI is InChI=1S/C11H15N3/c1-7-5-4-6-9-10(7)13-14-11(9)8(2)12-3/h4-6,8,12H,1-3H3,(H,13,14). The smallest absolute Gasteiger partial charge is 0.0953 e. The molecule has 0 aliphatic carbocycles. The number of hydrogen-bond donors (Lipinski definition) is 2. The first kappa shape index (κ1) is 9.21. The number of benzene rings is 1. The number of nitrogens with one attached hydrogen (secondary N) is 2. The predicted molar refractivity (Wildman–Crippen MR) is 58.3 cm³/mol. The van der Waals surface area contributed by atoms with Gasteiger partial charge in [0.15, 0.2) is 0 Å². The number of rotatable bonds is 2. The molecule has 0 saturated heterocycles. The number of H-pyrrole nitrogens is 1. The first-order valence-electron chi connectivity index (χ1n) is 4.85. The van der Waals surface area contributed by atoms with Gasteiger partial charge in [-0.2, -0.15) is 5.10 Å². The van der Waals surface area contributed by atoms with Crippen molar-refractivity contribution in [1.82, 2.24) is 15.5 Å². The maximum atomic E-state index is 4.32. The maximum absolute atomic E-state index is 4.32. The quantitative estimate of drug-likeness (QED) is 0.760. The third kappa shape index (κ3) is 1.30. The number of fused-ring (bicyclic) bond motifs is 1. The van der Waals surface area contributed by atoms with Crippen LogP contribution in [0.3, 0.4) is 0 Å². The summed E-state index contributed by atoms with van der Waals surface area (Å²) in [5.74, 6) is 0. The van der Waals surface area contributed by atoms with Gasteiger partial charge in [0.1, 0.15) is 0 Å². The summed E-state index contributed by atoms with van der Waals surface area (Å²) in [6.45, 7) is 4.20. The summed E-state index contributed by atoms with van der Waals surface area (Å²) in [5.41, 5.74) is 3.45. The summed E-state index contributed by atoms with van der Waals surface area (Å²) >= 11 is 0. The fourth-order valence-corrected chi connectivity index (χ4v) is 1.68. The van der Waals surface area contributed by atoms with E-state index < -0.39 is 0 Å². The molecular weight excluding hydrogens is 174 g/mol. The molecule has 3 nitrogen and oxygen atoms in total. The molecule has 1 aromatic heterocycles. The van der Waals surface area contributed by atoms with Gasteiger partial charge in [0.05, 0.1) is 11.2 Å². The highest BCUT2D eigenvalue weighted by Crippen LogP contribution is 2.23. The van der Waals surface area contributed by atoms with E-state index in [0.717, 1.165) is 11.2 Å². The molecule has 1 unspecified atom stereocenters. The number of hydrogen-bond acceptors (Lipinski definition) is 2. The van der Waals surface area contributed by atoms with Crippen LogP contribution in [0.5, 0.6) is 0 Å². The molecule has 0 amide bonds. The Morgan fingerprint density at radius 1 is 1.43 bits per heavy atom. The van der Waals surface area contributed by atoms with Crippen molar-refractivity contribution in [3.8, 4) is 0 Å². The molecule has 0 fully saturated rings. The molecule has 2 rings (SSSR count). The average molecular weight is 189 g/mol. The molecule has 0 aliphatic heterocycles. The Kier molecular flexibility index (Phi) is 2.25. The van der Waals surface area contributed by atoms with Crippen LogP contribution in [0.1, 0.15) is 24.2 Å². The van der Waals surface area contributed by atoms with E-state index in [0.29, 0.717) is 6.04 Å². The summed E-state index contributed by atoms with van der Waals surface area (Å²) in [7, 11) is 1.95. The van der Waals surface area contributed by atoms with Crippen LogP contribution in [0.15, 0.2) is 18.2 Å². The van der Waals surface area contributed by atoms with Gasteiger partial charge in [-0.3, -0.25) is 5.10 Å². The topological polar surface area (TPSA) is 40.7 Å². The molecule has 1 heterocycles. The molecule has 14 heavy (non-hydrogen) atoms. The molecule has 0 bridgehead atoms. The van der Waals surface area contributed by atoms with Crippen molar-refractivity contribution < 1.29 is 0 Å². The Bertz CT molecular complexity index is 445. The molecule has 0 saturated carbocycles. The van der Waals surface area contributed by atoms with E-state index in [1.54, 1.807) is 0 Å². The van der Waals surface area contributed by atoms with Gasteiger partial charge < -0.3 is 5.32 Å². The summed E-state index contributed by atoms with van der Waals surface area (Å²) < 4.78 is 0. The monoisotopic (exact) mass is 189 g/mol. The lowest BCUT2D eigenvalue weighted by molar-refractivity contribution is 0.634. The molecule has 1 atom stereocenters. The Morgan fingerprint density at radius 2 is 2.21 bits per heavy atom. The summed E-state index contributed by atoms with van der Waals surface area (Å²) in [6.07, 6.45) is 0. The van der Waals surface area contributed by atoms with Crippen LogP contribution in [0.4, 0.5) is 0 Å². The van der Waals surface area contributed by atoms with Crippen LogP contribution in [-0.2, 0) is 0 Å². The number of aromatic nitrogens is 2. The first-order valence-corrected chi connectivity index (χ1v) is 4.85. The SMILES string of the molecule is CNC(C)c1[nH]nc2c(C)cccc12. The van der Waals surface area contributed by atoms with Crippen molar-refractivity contribution >= 4 is 10.9 Å². The minimum Gasteiger partial charge on any atom is -0.312 e. The Hall–Kier alpha value is -1.35. The van der Waals surface area contributed by atoms with Crippen LogP contribution in [0, 0.1) is 6.92 Å². The van der Waals surface area contributed by atoms with E-state index in [4.69, 9.17) is 0 Å². The number of nitrogens with zero attached hydrogens (tertiary/aromatic N) is 1. The Balaban J connectivity index is 2.63. The van der Waals surface area contributed by atoms with Crippen molar-refractivity contribution in [2.24, 2.45) is 0 Å². The van der Waals surface area contributed by atoms with Crippen LogP contribution in [0.25, 0.3) is 10.9 Å². The largest absolute Gasteiger partial charge is 0.312 e. The highest BCUT2D eigenvalue weighted by atomic mass is 15.1. The predicted octanol–water partition coefficient (Wildman–Crippen LogP) is 2.15. The van der Waals surface area contributed by atoms with E-state index >= 15 is 0 Å². The minimum absolute atomic E-state index is 0.307. The van der Waals surface area contributed by atoms with Gasteiger partial charge in [-0.1, -0.05) is 18.2 Å². The molecule has 1 aromatic carbocycles. The lowest BCUT2D eigenvalue weighted by atomic mass is 10.1. The second-order valence-corrected chi connectivity index (χ2v) is 3.62. The number of aryl methyl sites for hydroxylation is 1. The van der Waals surface area contributed by atoms with Crippen LogP contribution < -0.4 is 5.32 Å². The minimum atomic E-state index is 0.307. The lowest BCUT2D eigenvalue weighted by Gasteiger charge is -2.07. The van der Waals surface area contributed by atoms with Crippen molar-refractivity contribution in [1.29, 1.82) is 0 Å². The zero-order valence-corrected chi connectivity index (χ0v) is 8.76. The van der Waals surface area contributed by atoms with Gasteiger partial charge in [0.2, 0.25) is 0 Å². The summed E-state index contributed by atoms with van der Waals surface area (Å²) in [5, 5.41) is 11.8. The van der Waals surface area contributed by atoms with Crippen molar-refractivity contribution in [3.63, 3.8) is 0 Å². The van der Waals surface area contributed by atoms with Crippen LogP contribution >= 0.6 is 0 Å².